The number of aromatic nitrogens is 2. The van der Waals surface area contributed by atoms with Gasteiger partial charge in [0.2, 0.25) is 0 Å². The molecule has 0 aliphatic carbocycles. The van der Waals surface area contributed by atoms with E-state index in [1.165, 1.54) is 6.21 Å². The lowest BCUT2D eigenvalue weighted by Gasteiger charge is -2.16. The second-order valence-corrected chi connectivity index (χ2v) is 7.14. The number of carbonyl (C=O) groups is 1. The van der Waals surface area contributed by atoms with Crippen LogP contribution in [0.2, 0.25) is 0 Å². The van der Waals surface area contributed by atoms with Gasteiger partial charge in [0.05, 0.1) is 26.1 Å². The van der Waals surface area contributed by atoms with E-state index in [0.29, 0.717) is 28.1 Å². The summed E-state index contributed by atoms with van der Waals surface area (Å²) >= 11 is 3.42. The second kappa shape index (κ2) is 10.7. The summed E-state index contributed by atoms with van der Waals surface area (Å²) in [7, 11) is 3.12. The number of ether oxygens (including phenoxy) is 3. The maximum atomic E-state index is 12.7. The molecule has 31 heavy (non-hydrogen) atoms. The highest BCUT2D eigenvalue weighted by atomic mass is 79.9. The lowest BCUT2D eigenvalue weighted by molar-refractivity contribution is -0.132. The molecule has 0 radical (unpaired) electrons. The molecule has 0 aliphatic rings. The summed E-state index contributed by atoms with van der Waals surface area (Å²) < 4.78 is 18.7. The molecule has 9 heteroatoms. The molecule has 2 aromatic carbocycles. The molecule has 0 aliphatic heterocycles. The van der Waals surface area contributed by atoms with Gasteiger partial charge in [-0.05, 0) is 58.7 Å². The van der Waals surface area contributed by atoms with Crippen LogP contribution in [-0.2, 0) is 9.53 Å². The number of rotatable bonds is 9. The molecule has 1 unspecified atom stereocenters. The largest absolute Gasteiger partial charge is 0.495 e. The van der Waals surface area contributed by atoms with Crippen LogP contribution in [0.25, 0.3) is 5.69 Å². The van der Waals surface area contributed by atoms with Gasteiger partial charge >= 0.3 is 0 Å². The van der Waals surface area contributed by atoms with Gasteiger partial charge in [-0.2, -0.15) is 10.2 Å². The van der Waals surface area contributed by atoms with Crippen molar-refractivity contribution in [2.45, 2.75) is 13.0 Å². The summed E-state index contributed by atoms with van der Waals surface area (Å²) in [4.78, 5) is 12.7. The standard InChI is InChI=1S/C22H23BrN4O4/c1-4-31-21(16-6-8-17(9-7-16)27-11-5-10-25-27)22(28)26-24-14-15-12-18(29-2)20(23)19(13-15)30-3/h5-14,21H,4H2,1-3H3,(H,26,28)/b24-14+. The van der Waals surface area contributed by atoms with E-state index in [1.807, 2.05) is 43.5 Å². The molecule has 0 saturated heterocycles. The van der Waals surface area contributed by atoms with E-state index in [0.717, 1.165) is 11.3 Å². The third-order valence-electron chi connectivity index (χ3n) is 4.39. The Morgan fingerprint density at radius 2 is 1.90 bits per heavy atom. The highest BCUT2D eigenvalue weighted by Crippen LogP contribution is 2.35. The zero-order valence-electron chi connectivity index (χ0n) is 17.4. The number of halogens is 1. The lowest BCUT2D eigenvalue weighted by Crippen LogP contribution is -2.27. The molecule has 1 atom stereocenters. The van der Waals surface area contributed by atoms with E-state index < -0.39 is 6.10 Å². The smallest absolute Gasteiger partial charge is 0.273 e. The number of amides is 1. The van der Waals surface area contributed by atoms with Crippen molar-refractivity contribution in [3.63, 3.8) is 0 Å². The van der Waals surface area contributed by atoms with E-state index in [4.69, 9.17) is 14.2 Å². The first-order valence-corrected chi connectivity index (χ1v) is 10.3. The van der Waals surface area contributed by atoms with Gasteiger partial charge < -0.3 is 14.2 Å². The number of hydrazone groups is 1. The minimum atomic E-state index is -0.789. The Balaban J connectivity index is 1.72. The van der Waals surface area contributed by atoms with Crippen LogP contribution in [0.15, 0.2) is 64.4 Å². The monoisotopic (exact) mass is 486 g/mol. The Bertz CT molecular complexity index is 1010. The van der Waals surface area contributed by atoms with Crippen molar-refractivity contribution in [2.24, 2.45) is 5.10 Å². The first-order valence-electron chi connectivity index (χ1n) is 9.53. The predicted molar refractivity (Wildman–Crippen MR) is 121 cm³/mol. The molecule has 1 amide bonds. The van der Waals surface area contributed by atoms with Crippen molar-refractivity contribution in [3.8, 4) is 17.2 Å². The molecule has 3 rings (SSSR count). The van der Waals surface area contributed by atoms with Gasteiger partial charge in [-0.3, -0.25) is 4.79 Å². The Morgan fingerprint density at radius 3 is 2.45 bits per heavy atom. The molecule has 1 aromatic heterocycles. The summed E-state index contributed by atoms with van der Waals surface area (Å²) in [5.41, 5.74) is 4.85. The number of hydrogen-bond acceptors (Lipinski definition) is 6. The average molecular weight is 487 g/mol. The van der Waals surface area contributed by atoms with Crippen LogP contribution in [0.3, 0.4) is 0 Å². The highest BCUT2D eigenvalue weighted by molar-refractivity contribution is 9.10. The van der Waals surface area contributed by atoms with Crippen LogP contribution < -0.4 is 14.9 Å². The zero-order chi connectivity index (χ0) is 22.2. The molecule has 0 saturated carbocycles. The summed E-state index contributed by atoms with van der Waals surface area (Å²) in [5, 5.41) is 8.26. The minimum Gasteiger partial charge on any atom is -0.495 e. The average Bonchev–Trinajstić information content (AvgIpc) is 3.33. The highest BCUT2D eigenvalue weighted by Gasteiger charge is 2.20. The fraction of sp³-hybridized carbons (Fsp3) is 0.227. The quantitative estimate of drug-likeness (QED) is 0.366. The minimum absolute atomic E-state index is 0.374. The van der Waals surface area contributed by atoms with Gasteiger partial charge in [0, 0.05) is 24.6 Å². The van der Waals surface area contributed by atoms with Gasteiger partial charge in [-0.25, -0.2) is 10.1 Å². The van der Waals surface area contributed by atoms with Crippen molar-refractivity contribution in [1.82, 2.24) is 15.2 Å². The molecule has 162 valence electrons. The molecule has 1 heterocycles. The first kappa shape index (κ1) is 22.5. The van der Waals surface area contributed by atoms with Crippen LogP contribution in [0.5, 0.6) is 11.5 Å². The van der Waals surface area contributed by atoms with E-state index in [-0.39, 0.29) is 5.91 Å². The van der Waals surface area contributed by atoms with Crippen molar-refractivity contribution in [3.05, 3.63) is 70.5 Å². The van der Waals surface area contributed by atoms with Gasteiger partial charge in [0.25, 0.3) is 5.91 Å². The van der Waals surface area contributed by atoms with Crippen LogP contribution in [0, 0.1) is 0 Å². The van der Waals surface area contributed by atoms with E-state index >= 15 is 0 Å². The number of hydrogen-bond donors (Lipinski definition) is 1. The van der Waals surface area contributed by atoms with Gasteiger partial charge in [-0.1, -0.05) is 12.1 Å². The van der Waals surface area contributed by atoms with E-state index in [1.54, 1.807) is 37.2 Å². The first-order chi connectivity index (χ1) is 15.1. The van der Waals surface area contributed by atoms with Crippen LogP contribution in [0.1, 0.15) is 24.2 Å². The summed E-state index contributed by atoms with van der Waals surface area (Å²) in [6, 6.07) is 12.8. The lowest BCUT2D eigenvalue weighted by atomic mass is 10.1. The number of carbonyl (C=O) groups excluding carboxylic acids is 1. The van der Waals surface area contributed by atoms with E-state index in [9.17, 15) is 4.79 Å². The predicted octanol–water partition coefficient (Wildman–Crippen LogP) is 3.88. The Morgan fingerprint density at radius 1 is 1.23 bits per heavy atom. The molecule has 0 bridgehead atoms. The van der Waals surface area contributed by atoms with Gasteiger partial charge in [0.1, 0.15) is 16.0 Å². The zero-order valence-corrected chi connectivity index (χ0v) is 19.0. The molecular formula is C22H23BrN4O4. The third-order valence-corrected chi connectivity index (χ3v) is 5.17. The van der Waals surface area contributed by atoms with Crippen LogP contribution >= 0.6 is 15.9 Å². The van der Waals surface area contributed by atoms with Crippen molar-refractivity contribution < 1.29 is 19.0 Å². The molecule has 0 spiro atoms. The maximum Gasteiger partial charge on any atom is 0.273 e. The normalized spacial score (nSPS) is 12.0. The van der Waals surface area contributed by atoms with Crippen LogP contribution in [0.4, 0.5) is 0 Å². The SMILES string of the molecule is CCOC(C(=O)N/N=C/c1cc(OC)c(Br)c(OC)c1)c1ccc(-n2cccn2)cc1. The molecule has 0 fully saturated rings. The van der Waals surface area contributed by atoms with Gasteiger partial charge in [0.15, 0.2) is 6.10 Å². The number of nitrogens with one attached hydrogen (secondary N) is 1. The summed E-state index contributed by atoms with van der Waals surface area (Å²) in [6.07, 6.45) is 4.28. The Labute approximate surface area is 188 Å². The van der Waals surface area contributed by atoms with E-state index in [2.05, 4.69) is 31.6 Å². The third kappa shape index (κ3) is 5.50. The molecule has 3 aromatic rings. The number of nitrogens with zero attached hydrogens (tertiary/aromatic N) is 3. The second-order valence-electron chi connectivity index (χ2n) is 6.35. The molecular weight excluding hydrogens is 464 g/mol. The van der Waals surface area contributed by atoms with Crippen molar-refractivity contribution in [2.75, 3.05) is 20.8 Å². The Hall–Kier alpha value is -3.17. The fourth-order valence-electron chi connectivity index (χ4n) is 2.91. The topological polar surface area (TPSA) is 87.0 Å². The fourth-order valence-corrected chi connectivity index (χ4v) is 3.46. The number of benzene rings is 2. The molecule has 8 nitrogen and oxygen atoms in total. The molecule has 1 N–H and O–H groups in total. The van der Waals surface area contributed by atoms with Crippen molar-refractivity contribution in [1.29, 1.82) is 0 Å². The van der Waals surface area contributed by atoms with Gasteiger partial charge in [-0.15, -0.1) is 0 Å². The van der Waals surface area contributed by atoms with Crippen LogP contribution in [-0.4, -0.2) is 42.7 Å². The maximum absolute atomic E-state index is 12.7. The summed E-state index contributed by atoms with van der Waals surface area (Å²) in [6.45, 7) is 2.21. The number of methoxy groups -OCH3 is 2. The Kier molecular flexibility index (Phi) is 7.80. The summed E-state index contributed by atoms with van der Waals surface area (Å²) in [5.74, 6) is 0.814. The van der Waals surface area contributed by atoms with Crippen molar-refractivity contribution >= 4 is 28.1 Å².